The molecule has 17 heavy (non-hydrogen) atoms. The van der Waals surface area contributed by atoms with Crippen molar-refractivity contribution in [3.05, 3.63) is 18.0 Å². The fraction of sp³-hybridized carbons (Fsp3) is 0.692. The number of nitrogens with one attached hydrogen (secondary N) is 2. The van der Waals surface area contributed by atoms with E-state index in [4.69, 9.17) is 0 Å². The molecule has 0 aliphatic heterocycles. The maximum Gasteiger partial charge on any atom is 0.226 e. The monoisotopic (exact) mass is 237 g/mol. The first kappa shape index (κ1) is 13.7. The summed E-state index contributed by atoms with van der Waals surface area (Å²) in [7, 11) is 0. The minimum absolute atomic E-state index is 0.0561. The molecule has 0 atom stereocenters. The van der Waals surface area contributed by atoms with Gasteiger partial charge in [0.25, 0.3) is 0 Å². The van der Waals surface area contributed by atoms with E-state index in [0.717, 1.165) is 12.2 Å². The predicted molar refractivity (Wildman–Crippen MR) is 68.5 cm³/mol. The SMILES string of the molecule is CC(C)C(CNC(=O)Cc1ccn[nH]1)C(C)C. The minimum Gasteiger partial charge on any atom is -0.355 e. The zero-order chi connectivity index (χ0) is 12.8. The van der Waals surface area contributed by atoms with Gasteiger partial charge in [-0.05, 0) is 23.8 Å². The second-order valence-corrected chi connectivity index (χ2v) is 5.21. The number of hydrogen-bond donors (Lipinski definition) is 2. The summed E-state index contributed by atoms with van der Waals surface area (Å²) in [5.74, 6) is 1.76. The van der Waals surface area contributed by atoms with Crippen molar-refractivity contribution in [3.63, 3.8) is 0 Å². The number of aromatic nitrogens is 2. The van der Waals surface area contributed by atoms with Gasteiger partial charge >= 0.3 is 0 Å². The van der Waals surface area contributed by atoms with Gasteiger partial charge in [-0.3, -0.25) is 9.89 Å². The Bertz CT molecular complexity index is 322. The first-order valence-electron chi connectivity index (χ1n) is 6.25. The van der Waals surface area contributed by atoms with Gasteiger partial charge in [-0.2, -0.15) is 5.10 Å². The van der Waals surface area contributed by atoms with Crippen LogP contribution in [0.2, 0.25) is 0 Å². The Morgan fingerprint density at radius 2 is 2.00 bits per heavy atom. The molecule has 0 saturated carbocycles. The number of nitrogens with zero attached hydrogens (tertiary/aromatic N) is 1. The van der Waals surface area contributed by atoms with E-state index in [-0.39, 0.29) is 5.91 Å². The molecule has 0 aromatic carbocycles. The highest BCUT2D eigenvalue weighted by molar-refractivity contribution is 5.78. The molecule has 2 N–H and O–H groups in total. The molecule has 0 unspecified atom stereocenters. The third-order valence-corrected chi connectivity index (χ3v) is 3.16. The molecule has 1 heterocycles. The molecule has 4 heteroatoms. The quantitative estimate of drug-likeness (QED) is 0.795. The molecule has 1 amide bonds. The van der Waals surface area contributed by atoms with Gasteiger partial charge in [-0.25, -0.2) is 0 Å². The molecule has 0 saturated heterocycles. The van der Waals surface area contributed by atoms with E-state index in [1.165, 1.54) is 0 Å². The Kier molecular flexibility index (Phi) is 5.19. The highest BCUT2D eigenvalue weighted by Gasteiger charge is 2.18. The summed E-state index contributed by atoms with van der Waals surface area (Å²) in [6.07, 6.45) is 2.04. The van der Waals surface area contributed by atoms with Crippen LogP contribution in [0, 0.1) is 17.8 Å². The van der Waals surface area contributed by atoms with Gasteiger partial charge in [0, 0.05) is 18.4 Å². The van der Waals surface area contributed by atoms with Crippen LogP contribution in [0.3, 0.4) is 0 Å². The van der Waals surface area contributed by atoms with E-state index in [2.05, 4.69) is 43.2 Å². The van der Waals surface area contributed by atoms with Gasteiger partial charge in [0.15, 0.2) is 0 Å². The van der Waals surface area contributed by atoms with Crippen LogP contribution in [0.25, 0.3) is 0 Å². The molecule has 96 valence electrons. The molecule has 0 radical (unpaired) electrons. The zero-order valence-electron chi connectivity index (χ0n) is 11.2. The van der Waals surface area contributed by atoms with Gasteiger partial charge in [0.2, 0.25) is 5.91 Å². The second-order valence-electron chi connectivity index (χ2n) is 5.21. The predicted octanol–water partition coefficient (Wildman–Crippen LogP) is 2.00. The summed E-state index contributed by atoms with van der Waals surface area (Å²) in [5.41, 5.74) is 0.855. The fourth-order valence-corrected chi connectivity index (χ4v) is 2.09. The van der Waals surface area contributed by atoms with Crippen molar-refractivity contribution >= 4 is 5.91 Å². The molecule has 1 aromatic heterocycles. The Hall–Kier alpha value is -1.32. The van der Waals surface area contributed by atoms with Gasteiger partial charge in [0.1, 0.15) is 0 Å². The summed E-state index contributed by atoms with van der Waals surface area (Å²) in [6.45, 7) is 9.55. The number of aromatic amines is 1. The third-order valence-electron chi connectivity index (χ3n) is 3.16. The summed E-state index contributed by atoms with van der Waals surface area (Å²) in [5, 5.41) is 9.61. The number of carbonyl (C=O) groups excluding carboxylic acids is 1. The zero-order valence-corrected chi connectivity index (χ0v) is 11.2. The first-order chi connectivity index (χ1) is 8.00. The molecule has 1 rings (SSSR count). The van der Waals surface area contributed by atoms with E-state index >= 15 is 0 Å². The number of H-pyrrole nitrogens is 1. The molecular weight excluding hydrogens is 214 g/mol. The van der Waals surface area contributed by atoms with Crippen molar-refractivity contribution in [2.24, 2.45) is 17.8 Å². The molecule has 0 bridgehead atoms. The topological polar surface area (TPSA) is 57.8 Å². The minimum atomic E-state index is 0.0561. The van der Waals surface area contributed by atoms with Crippen LogP contribution in [0.15, 0.2) is 12.3 Å². The lowest BCUT2D eigenvalue weighted by molar-refractivity contribution is -0.120. The van der Waals surface area contributed by atoms with Gasteiger partial charge in [0.05, 0.1) is 6.42 Å². The normalized spacial score (nSPS) is 11.5. The van der Waals surface area contributed by atoms with Crippen molar-refractivity contribution in [1.29, 1.82) is 0 Å². The Labute approximate surface area is 103 Å². The fourth-order valence-electron chi connectivity index (χ4n) is 2.09. The van der Waals surface area contributed by atoms with Crippen LogP contribution in [0.5, 0.6) is 0 Å². The average Bonchev–Trinajstić information content (AvgIpc) is 2.69. The van der Waals surface area contributed by atoms with Crippen LogP contribution in [-0.2, 0) is 11.2 Å². The Balaban J connectivity index is 2.36. The lowest BCUT2D eigenvalue weighted by Crippen LogP contribution is -2.34. The number of hydrogen-bond acceptors (Lipinski definition) is 2. The van der Waals surface area contributed by atoms with Crippen LogP contribution >= 0.6 is 0 Å². The molecule has 1 aromatic rings. The molecule has 0 aliphatic rings. The lowest BCUT2D eigenvalue weighted by Gasteiger charge is -2.25. The lowest BCUT2D eigenvalue weighted by atomic mass is 9.85. The molecular formula is C13H23N3O. The summed E-state index contributed by atoms with van der Waals surface area (Å²) in [4.78, 5) is 11.7. The van der Waals surface area contributed by atoms with E-state index in [1.807, 2.05) is 6.07 Å². The number of rotatable bonds is 6. The number of carbonyl (C=O) groups is 1. The van der Waals surface area contributed by atoms with E-state index in [9.17, 15) is 4.79 Å². The largest absolute Gasteiger partial charge is 0.355 e. The van der Waals surface area contributed by atoms with Crippen molar-refractivity contribution in [2.75, 3.05) is 6.54 Å². The maximum atomic E-state index is 11.7. The molecule has 0 aliphatic carbocycles. The smallest absolute Gasteiger partial charge is 0.226 e. The van der Waals surface area contributed by atoms with Crippen LogP contribution in [0.1, 0.15) is 33.4 Å². The molecule has 4 nitrogen and oxygen atoms in total. The molecule has 0 fully saturated rings. The van der Waals surface area contributed by atoms with Crippen molar-refractivity contribution in [3.8, 4) is 0 Å². The summed E-state index contributed by atoms with van der Waals surface area (Å²) >= 11 is 0. The van der Waals surface area contributed by atoms with E-state index in [0.29, 0.717) is 24.2 Å². The van der Waals surface area contributed by atoms with Gasteiger partial charge in [-0.15, -0.1) is 0 Å². The Morgan fingerprint density at radius 3 is 2.47 bits per heavy atom. The van der Waals surface area contributed by atoms with Gasteiger partial charge in [-0.1, -0.05) is 27.7 Å². The van der Waals surface area contributed by atoms with Crippen molar-refractivity contribution < 1.29 is 4.79 Å². The third kappa shape index (κ3) is 4.59. The van der Waals surface area contributed by atoms with Crippen LogP contribution in [0.4, 0.5) is 0 Å². The summed E-state index contributed by atoms with van der Waals surface area (Å²) in [6, 6.07) is 1.82. The standard InChI is InChI=1S/C13H23N3O/c1-9(2)12(10(3)4)8-14-13(17)7-11-5-6-15-16-11/h5-6,9-10,12H,7-8H2,1-4H3,(H,14,17)(H,15,16). The van der Waals surface area contributed by atoms with E-state index < -0.39 is 0 Å². The number of amides is 1. The first-order valence-corrected chi connectivity index (χ1v) is 6.25. The Morgan fingerprint density at radius 1 is 1.35 bits per heavy atom. The van der Waals surface area contributed by atoms with Crippen molar-refractivity contribution in [2.45, 2.75) is 34.1 Å². The highest BCUT2D eigenvalue weighted by Crippen LogP contribution is 2.19. The second kappa shape index (κ2) is 6.42. The average molecular weight is 237 g/mol. The van der Waals surface area contributed by atoms with Crippen molar-refractivity contribution in [1.82, 2.24) is 15.5 Å². The summed E-state index contributed by atoms with van der Waals surface area (Å²) < 4.78 is 0. The maximum absolute atomic E-state index is 11.7. The van der Waals surface area contributed by atoms with Gasteiger partial charge < -0.3 is 5.32 Å². The van der Waals surface area contributed by atoms with E-state index in [1.54, 1.807) is 6.20 Å². The molecule has 0 spiro atoms. The van der Waals surface area contributed by atoms with Crippen LogP contribution in [-0.4, -0.2) is 22.6 Å². The highest BCUT2D eigenvalue weighted by atomic mass is 16.1. The van der Waals surface area contributed by atoms with Crippen LogP contribution < -0.4 is 5.32 Å².